The summed E-state index contributed by atoms with van der Waals surface area (Å²) in [6.45, 7) is 0.243. The van der Waals surface area contributed by atoms with Crippen LogP contribution in [0.3, 0.4) is 0 Å². The minimum Gasteiger partial charge on any atom is -0.468 e. The number of benzene rings is 1. The molecule has 4 rings (SSSR count). The van der Waals surface area contributed by atoms with Crippen molar-refractivity contribution in [2.45, 2.75) is 31.8 Å². The van der Waals surface area contributed by atoms with Crippen molar-refractivity contribution in [2.24, 2.45) is 0 Å². The van der Waals surface area contributed by atoms with E-state index >= 15 is 0 Å². The molecule has 2 heterocycles. The van der Waals surface area contributed by atoms with E-state index in [0.29, 0.717) is 11.0 Å². The molecule has 6 nitrogen and oxygen atoms in total. The Morgan fingerprint density at radius 2 is 2.07 bits per heavy atom. The SMILES string of the molecule is COC(=O)Cn1c2c(c3ccccc31)C[C@@H](N(C)c1ncc(Cl)cn1)CC2. The number of fused-ring (bicyclic) bond motifs is 3. The van der Waals surface area contributed by atoms with Crippen molar-refractivity contribution in [3.8, 4) is 0 Å². The van der Waals surface area contributed by atoms with Crippen LogP contribution in [-0.4, -0.2) is 40.7 Å². The average Bonchev–Trinajstić information content (AvgIpc) is 3.01. The van der Waals surface area contributed by atoms with E-state index in [2.05, 4.69) is 31.6 Å². The smallest absolute Gasteiger partial charge is 0.325 e. The summed E-state index contributed by atoms with van der Waals surface area (Å²) in [5.74, 6) is 0.443. The van der Waals surface area contributed by atoms with E-state index in [4.69, 9.17) is 16.3 Å². The third-order valence-corrected chi connectivity index (χ3v) is 5.53. The zero-order chi connectivity index (χ0) is 19.0. The van der Waals surface area contributed by atoms with E-state index < -0.39 is 0 Å². The van der Waals surface area contributed by atoms with E-state index in [1.165, 1.54) is 23.8 Å². The first kappa shape index (κ1) is 17.8. The van der Waals surface area contributed by atoms with Crippen LogP contribution >= 0.6 is 11.6 Å². The van der Waals surface area contributed by atoms with Gasteiger partial charge in [-0.25, -0.2) is 9.97 Å². The van der Waals surface area contributed by atoms with Crippen molar-refractivity contribution in [1.29, 1.82) is 0 Å². The Hall–Kier alpha value is -2.60. The van der Waals surface area contributed by atoms with Crippen LogP contribution in [0.5, 0.6) is 0 Å². The number of anilines is 1. The lowest BCUT2D eigenvalue weighted by Gasteiger charge is -2.32. The second-order valence-electron chi connectivity index (χ2n) is 6.81. The van der Waals surface area contributed by atoms with Gasteiger partial charge in [-0.15, -0.1) is 0 Å². The highest BCUT2D eigenvalue weighted by Crippen LogP contribution is 2.34. The first-order valence-corrected chi connectivity index (χ1v) is 9.32. The Morgan fingerprint density at radius 1 is 1.33 bits per heavy atom. The van der Waals surface area contributed by atoms with Gasteiger partial charge in [-0.05, 0) is 30.9 Å². The number of hydrogen-bond donors (Lipinski definition) is 0. The van der Waals surface area contributed by atoms with Crippen molar-refractivity contribution in [1.82, 2.24) is 14.5 Å². The highest BCUT2D eigenvalue weighted by atomic mass is 35.5. The number of carbonyl (C=O) groups is 1. The molecular weight excluding hydrogens is 364 g/mol. The van der Waals surface area contributed by atoms with Gasteiger partial charge in [-0.2, -0.15) is 0 Å². The van der Waals surface area contributed by atoms with Gasteiger partial charge in [0.25, 0.3) is 0 Å². The number of nitrogens with zero attached hydrogens (tertiary/aromatic N) is 4. The molecule has 0 bridgehead atoms. The highest BCUT2D eigenvalue weighted by molar-refractivity contribution is 6.30. The normalized spacial score (nSPS) is 16.2. The predicted molar refractivity (Wildman–Crippen MR) is 105 cm³/mol. The van der Waals surface area contributed by atoms with Gasteiger partial charge in [0.1, 0.15) is 6.54 Å². The van der Waals surface area contributed by atoms with Crippen molar-refractivity contribution in [3.63, 3.8) is 0 Å². The van der Waals surface area contributed by atoms with E-state index in [1.807, 2.05) is 19.2 Å². The van der Waals surface area contributed by atoms with Crippen molar-refractivity contribution >= 4 is 34.4 Å². The van der Waals surface area contributed by atoms with Crippen molar-refractivity contribution in [3.05, 3.63) is 52.9 Å². The summed E-state index contributed by atoms with van der Waals surface area (Å²) in [5, 5.41) is 1.73. The minimum absolute atomic E-state index is 0.229. The summed E-state index contributed by atoms with van der Waals surface area (Å²) in [7, 11) is 3.45. The van der Waals surface area contributed by atoms with Crippen LogP contribution in [0.15, 0.2) is 36.7 Å². The molecule has 0 radical (unpaired) electrons. The van der Waals surface area contributed by atoms with E-state index in [-0.39, 0.29) is 18.6 Å². The van der Waals surface area contributed by atoms with Crippen LogP contribution in [0.1, 0.15) is 17.7 Å². The number of likely N-dealkylation sites (N-methyl/N-ethyl adjacent to an activating group) is 1. The zero-order valence-corrected chi connectivity index (χ0v) is 16.1. The molecule has 140 valence electrons. The standard InChI is InChI=1S/C20H21ClN4O2/c1-24(20-22-10-13(21)11-23-20)14-7-8-18-16(9-14)15-5-3-4-6-17(15)25(18)12-19(26)27-2/h3-6,10-11,14H,7-9,12H2,1-2H3/t14-/m0/s1. The molecular formula is C20H21ClN4O2. The molecule has 3 aromatic rings. The predicted octanol–water partition coefficient (Wildman–Crippen LogP) is 3.25. The van der Waals surface area contributed by atoms with E-state index in [9.17, 15) is 4.79 Å². The summed E-state index contributed by atoms with van der Waals surface area (Å²) in [5.41, 5.74) is 3.61. The van der Waals surface area contributed by atoms with Crippen LogP contribution in [0.25, 0.3) is 10.9 Å². The Morgan fingerprint density at radius 3 is 2.81 bits per heavy atom. The maximum atomic E-state index is 11.9. The molecule has 0 unspecified atom stereocenters. The number of carbonyl (C=O) groups excluding carboxylic acids is 1. The Balaban J connectivity index is 1.69. The lowest BCUT2D eigenvalue weighted by Crippen LogP contribution is -2.37. The number of rotatable bonds is 4. The maximum Gasteiger partial charge on any atom is 0.325 e. The molecule has 27 heavy (non-hydrogen) atoms. The molecule has 1 aliphatic carbocycles. The van der Waals surface area contributed by atoms with Gasteiger partial charge in [0, 0.05) is 29.7 Å². The van der Waals surface area contributed by atoms with Gasteiger partial charge >= 0.3 is 5.97 Å². The summed E-state index contributed by atoms with van der Waals surface area (Å²) in [6.07, 6.45) is 5.98. The largest absolute Gasteiger partial charge is 0.468 e. The molecule has 0 N–H and O–H groups in total. The molecule has 1 atom stereocenters. The average molecular weight is 385 g/mol. The highest BCUT2D eigenvalue weighted by Gasteiger charge is 2.29. The Kier molecular flexibility index (Phi) is 4.74. The van der Waals surface area contributed by atoms with Gasteiger partial charge in [0.2, 0.25) is 5.95 Å². The van der Waals surface area contributed by atoms with Gasteiger partial charge in [-0.3, -0.25) is 4.79 Å². The number of methoxy groups -OCH3 is 1. The molecule has 0 saturated heterocycles. The fourth-order valence-corrected chi connectivity index (χ4v) is 4.04. The summed E-state index contributed by atoms with van der Waals surface area (Å²) >= 11 is 5.91. The van der Waals surface area contributed by atoms with E-state index in [0.717, 1.165) is 24.8 Å². The number of ether oxygens (including phenoxy) is 1. The number of aromatic nitrogens is 3. The molecule has 0 spiro atoms. The molecule has 0 saturated carbocycles. The second kappa shape index (κ2) is 7.19. The third-order valence-electron chi connectivity index (χ3n) is 5.33. The number of para-hydroxylation sites is 1. The monoisotopic (exact) mass is 384 g/mol. The summed E-state index contributed by atoms with van der Waals surface area (Å²) in [4.78, 5) is 22.7. The van der Waals surface area contributed by atoms with Crippen LogP contribution < -0.4 is 4.90 Å². The van der Waals surface area contributed by atoms with Crippen molar-refractivity contribution < 1.29 is 9.53 Å². The Bertz CT molecular complexity index is 984. The fourth-order valence-electron chi connectivity index (χ4n) is 3.94. The lowest BCUT2D eigenvalue weighted by atomic mass is 9.90. The van der Waals surface area contributed by atoms with Crippen molar-refractivity contribution in [2.75, 3.05) is 19.1 Å². The number of hydrogen-bond acceptors (Lipinski definition) is 5. The summed E-state index contributed by atoms with van der Waals surface area (Å²) in [6, 6.07) is 8.53. The fraction of sp³-hybridized carbons (Fsp3) is 0.350. The topological polar surface area (TPSA) is 60.2 Å². The molecule has 2 aromatic heterocycles. The number of halogens is 1. The van der Waals surface area contributed by atoms with Gasteiger partial charge in [0.05, 0.1) is 24.5 Å². The van der Waals surface area contributed by atoms with Gasteiger partial charge in [0.15, 0.2) is 0 Å². The van der Waals surface area contributed by atoms with E-state index in [1.54, 1.807) is 12.4 Å². The molecule has 0 amide bonds. The molecule has 7 heteroatoms. The quantitative estimate of drug-likeness (QED) is 0.646. The minimum atomic E-state index is -0.229. The lowest BCUT2D eigenvalue weighted by molar-refractivity contribution is -0.141. The van der Waals surface area contributed by atoms with Gasteiger partial charge < -0.3 is 14.2 Å². The summed E-state index contributed by atoms with van der Waals surface area (Å²) < 4.78 is 7.00. The Labute approximate surface area is 162 Å². The molecule has 1 aromatic carbocycles. The number of esters is 1. The second-order valence-corrected chi connectivity index (χ2v) is 7.25. The van der Waals surface area contributed by atoms with Crippen LogP contribution in [-0.2, 0) is 28.9 Å². The first-order valence-electron chi connectivity index (χ1n) is 8.94. The van der Waals surface area contributed by atoms with Crippen LogP contribution in [0.4, 0.5) is 5.95 Å². The molecule has 0 aliphatic heterocycles. The van der Waals surface area contributed by atoms with Crippen LogP contribution in [0, 0.1) is 0 Å². The van der Waals surface area contributed by atoms with Gasteiger partial charge in [-0.1, -0.05) is 29.8 Å². The molecule has 1 aliphatic rings. The molecule has 0 fully saturated rings. The van der Waals surface area contributed by atoms with Crippen LogP contribution in [0.2, 0.25) is 5.02 Å². The third kappa shape index (κ3) is 3.25. The first-order chi connectivity index (χ1) is 13.1. The zero-order valence-electron chi connectivity index (χ0n) is 15.4. The maximum absolute atomic E-state index is 11.9.